The van der Waals surface area contributed by atoms with E-state index in [1.165, 1.54) is 0 Å². The van der Waals surface area contributed by atoms with Gasteiger partial charge in [0.15, 0.2) is 5.78 Å². The smallest absolute Gasteiger partial charge is 0.182 e. The van der Waals surface area contributed by atoms with Crippen LogP contribution in [0, 0.1) is 11.6 Å². The number of hydrogen-bond acceptors (Lipinski definition) is 3. The summed E-state index contributed by atoms with van der Waals surface area (Å²) in [7, 11) is 1.54. The molecule has 5 heteroatoms. The van der Waals surface area contributed by atoms with Crippen LogP contribution in [0.25, 0.3) is 0 Å². The molecule has 1 unspecified atom stereocenters. The van der Waals surface area contributed by atoms with E-state index < -0.39 is 23.5 Å². The van der Waals surface area contributed by atoms with Gasteiger partial charge in [-0.3, -0.25) is 4.79 Å². The van der Waals surface area contributed by atoms with E-state index in [-0.39, 0.29) is 5.56 Å². The van der Waals surface area contributed by atoms with Gasteiger partial charge < -0.3 is 10.5 Å². The Morgan fingerprint density at radius 3 is 2.82 bits per heavy atom. The van der Waals surface area contributed by atoms with Gasteiger partial charge in [0.2, 0.25) is 0 Å². The second kappa shape index (κ2) is 6.42. The quantitative estimate of drug-likeness (QED) is 0.613. The molecule has 0 bridgehead atoms. The first-order valence-corrected chi connectivity index (χ1v) is 5.30. The fourth-order valence-corrected chi connectivity index (χ4v) is 1.46. The Balaban J connectivity index is 2.71. The second-order valence-electron chi connectivity index (χ2n) is 3.73. The zero-order valence-corrected chi connectivity index (χ0v) is 9.58. The normalized spacial score (nSPS) is 12.5. The van der Waals surface area contributed by atoms with Crippen molar-refractivity contribution in [2.45, 2.75) is 18.9 Å². The third-order valence-corrected chi connectivity index (χ3v) is 2.39. The van der Waals surface area contributed by atoms with Crippen molar-refractivity contribution in [3.05, 3.63) is 35.4 Å². The number of rotatable bonds is 6. The minimum absolute atomic E-state index is 0.296. The van der Waals surface area contributed by atoms with E-state index in [4.69, 9.17) is 10.5 Å². The van der Waals surface area contributed by atoms with Crippen LogP contribution in [0.5, 0.6) is 0 Å². The van der Waals surface area contributed by atoms with Gasteiger partial charge in [0.05, 0.1) is 11.6 Å². The first kappa shape index (κ1) is 13.7. The fourth-order valence-electron chi connectivity index (χ4n) is 1.46. The highest BCUT2D eigenvalue weighted by atomic mass is 19.1. The molecule has 1 aromatic rings. The molecule has 0 spiro atoms. The fraction of sp³-hybridized carbons (Fsp3) is 0.417. The summed E-state index contributed by atoms with van der Waals surface area (Å²) in [5.74, 6) is -1.99. The van der Waals surface area contributed by atoms with Gasteiger partial charge in [-0.05, 0) is 31.0 Å². The van der Waals surface area contributed by atoms with E-state index in [9.17, 15) is 13.6 Å². The van der Waals surface area contributed by atoms with Crippen LogP contribution in [-0.4, -0.2) is 25.5 Å². The van der Waals surface area contributed by atoms with Gasteiger partial charge in [0.25, 0.3) is 0 Å². The van der Waals surface area contributed by atoms with Crippen LogP contribution >= 0.6 is 0 Å². The highest BCUT2D eigenvalue weighted by molar-refractivity contribution is 6.00. The minimum atomic E-state index is -0.832. The van der Waals surface area contributed by atoms with Crippen molar-refractivity contribution in [1.29, 1.82) is 0 Å². The lowest BCUT2D eigenvalue weighted by atomic mass is 10.0. The molecule has 0 radical (unpaired) electrons. The van der Waals surface area contributed by atoms with Crippen molar-refractivity contribution in [1.82, 2.24) is 0 Å². The van der Waals surface area contributed by atoms with Crippen molar-refractivity contribution in [3.8, 4) is 0 Å². The van der Waals surface area contributed by atoms with Crippen LogP contribution in [0.3, 0.4) is 0 Å². The van der Waals surface area contributed by atoms with E-state index in [1.54, 1.807) is 7.11 Å². The van der Waals surface area contributed by atoms with Crippen molar-refractivity contribution in [2.24, 2.45) is 5.73 Å². The van der Waals surface area contributed by atoms with Crippen LogP contribution in [0.15, 0.2) is 18.2 Å². The average Bonchev–Trinajstić information content (AvgIpc) is 2.31. The topological polar surface area (TPSA) is 52.3 Å². The number of ether oxygens (including phenoxy) is 1. The van der Waals surface area contributed by atoms with Crippen molar-refractivity contribution in [2.75, 3.05) is 13.7 Å². The summed E-state index contributed by atoms with van der Waals surface area (Å²) < 4.78 is 31.0. The molecule has 1 aromatic carbocycles. The molecule has 3 nitrogen and oxygen atoms in total. The molecule has 0 heterocycles. The number of ketones is 1. The summed E-state index contributed by atoms with van der Waals surface area (Å²) in [4.78, 5) is 11.7. The third-order valence-electron chi connectivity index (χ3n) is 2.39. The Morgan fingerprint density at radius 2 is 2.18 bits per heavy atom. The zero-order chi connectivity index (χ0) is 12.8. The highest BCUT2D eigenvalue weighted by Crippen LogP contribution is 2.13. The number of methoxy groups -OCH3 is 1. The van der Waals surface area contributed by atoms with E-state index in [1.807, 2.05) is 0 Å². The molecule has 17 heavy (non-hydrogen) atoms. The van der Waals surface area contributed by atoms with Crippen LogP contribution < -0.4 is 5.73 Å². The van der Waals surface area contributed by atoms with Crippen molar-refractivity contribution >= 4 is 5.78 Å². The summed E-state index contributed by atoms with van der Waals surface area (Å²) in [6.45, 7) is 0.479. The molecule has 0 amide bonds. The number of hydrogen-bond donors (Lipinski definition) is 1. The lowest BCUT2D eigenvalue weighted by molar-refractivity contribution is 0.0946. The zero-order valence-electron chi connectivity index (χ0n) is 9.58. The van der Waals surface area contributed by atoms with E-state index >= 15 is 0 Å². The SMILES string of the molecule is COCCCC(N)C(=O)c1cc(F)ccc1F. The second-order valence-corrected chi connectivity index (χ2v) is 3.73. The predicted octanol–water partition coefficient (Wildman–Crippen LogP) is 1.90. The standard InChI is InChI=1S/C12H15F2NO2/c1-17-6-2-3-11(15)12(16)9-7-8(13)4-5-10(9)14/h4-5,7,11H,2-3,6,15H2,1H3. The van der Waals surface area contributed by atoms with Crippen LogP contribution in [0.1, 0.15) is 23.2 Å². The Morgan fingerprint density at radius 1 is 1.47 bits per heavy atom. The van der Waals surface area contributed by atoms with E-state index in [0.29, 0.717) is 19.4 Å². The number of carbonyl (C=O) groups is 1. The summed E-state index contributed by atoms with van der Waals surface area (Å²) in [5, 5.41) is 0. The molecule has 0 aromatic heterocycles. The molecule has 94 valence electrons. The lowest BCUT2D eigenvalue weighted by Gasteiger charge is -2.10. The first-order chi connectivity index (χ1) is 8.06. The molecule has 0 aliphatic rings. The maximum Gasteiger partial charge on any atom is 0.182 e. The Hall–Kier alpha value is -1.33. The Kier molecular flexibility index (Phi) is 5.18. The van der Waals surface area contributed by atoms with Gasteiger partial charge in [-0.25, -0.2) is 8.78 Å². The number of carbonyl (C=O) groups excluding carboxylic acids is 1. The summed E-state index contributed by atoms with van der Waals surface area (Å²) >= 11 is 0. The van der Waals surface area contributed by atoms with Gasteiger partial charge in [-0.15, -0.1) is 0 Å². The molecule has 1 rings (SSSR count). The van der Waals surface area contributed by atoms with E-state index in [2.05, 4.69) is 0 Å². The summed E-state index contributed by atoms with van der Waals surface area (Å²) in [6.07, 6.45) is 0.975. The van der Waals surface area contributed by atoms with Gasteiger partial charge in [-0.2, -0.15) is 0 Å². The van der Waals surface area contributed by atoms with Crippen molar-refractivity contribution < 1.29 is 18.3 Å². The largest absolute Gasteiger partial charge is 0.385 e. The molecule has 0 fully saturated rings. The summed E-state index contributed by atoms with van der Waals surface area (Å²) in [5.41, 5.74) is 5.32. The number of halogens is 2. The van der Waals surface area contributed by atoms with Crippen LogP contribution in [0.2, 0.25) is 0 Å². The average molecular weight is 243 g/mol. The predicted molar refractivity (Wildman–Crippen MR) is 59.8 cm³/mol. The number of nitrogens with two attached hydrogens (primary N) is 1. The monoisotopic (exact) mass is 243 g/mol. The van der Waals surface area contributed by atoms with Gasteiger partial charge in [0.1, 0.15) is 11.6 Å². The molecule has 0 aliphatic heterocycles. The molecule has 0 saturated heterocycles. The molecule has 0 aliphatic carbocycles. The molecular weight excluding hydrogens is 228 g/mol. The maximum atomic E-state index is 13.3. The number of Topliss-reactive ketones (excluding diaryl/α,β-unsaturated/α-hetero) is 1. The highest BCUT2D eigenvalue weighted by Gasteiger charge is 2.19. The van der Waals surface area contributed by atoms with Crippen LogP contribution in [-0.2, 0) is 4.74 Å². The Bertz CT molecular complexity index is 396. The third kappa shape index (κ3) is 3.87. The van der Waals surface area contributed by atoms with E-state index in [0.717, 1.165) is 18.2 Å². The van der Waals surface area contributed by atoms with Gasteiger partial charge >= 0.3 is 0 Å². The molecular formula is C12H15F2NO2. The van der Waals surface area contributed by atoms with Crippen molar-refractivity contribution in [3.63, 3.8) is 0 Å². The Labute approximate surface area is 98.6 Å². The van der Waals surface area contributed by atoms with Gasteiger partial charge in [-0.1, -0.05) is 0 Å². The molecule has 2 N–H and O–H groups in total. The lowest BCUT2D eigenvalue weighted by Crippen LogP contribution is -2.31. The van der Waals surface area contributed by atoms with Crippen LogP contribution in [0.4, 0.5) is 8.78 Å². The first-order valence-electron chi connectivity index (χ1n) is 5.30. The maximum absolute atomic E-state index is 13.3. The molecule has 1 atom stereocenters. The minimum Gasteiger partial charge on any atom is -0.385 e. The summed E-state index contributed by atoms with van der Waals surface area (Å²) in [6, 6.07) is 1.92. The van der Waals surface area contributed by atoms with Gasteiger partial charge in [0, 0.05) is 13.7 Å². The number of benzene rings is 1. The molecule has 0 saturated carbocycles.